The molecule has 1 aliphatic rings. The maximum absolute atomic E-state index is 11.1. The van der Waals surface area contributed by atoms with Crippen LogP contribution in [0.5, 0.6) is 5.75 Å². The van der Waals surface area contributed by atoms with Crippen LogP contribution >= 0.6 is 0 Å². The molecule has 1 atom stereocenters. The summed E-state index contributed by atoms with van der Waals surface area (Å²) in [5.74, 6) is 0.253. The van der Waals surface area contributed by atoms with Crippen LogP contribution in [0.2, 0.25) is 0 Å². The van der Waals surface area contributed by atoms with Crippen molar-refractivity contribution in [2.45, 2.75) is 31.6 Å². The summed E-state index contributed by atoms with van der Waals surface area (Å²) in [6, 6.07) is 6.02. The van der Waals surface area contributed by atoms with E-state index in [1.54, 1.807) is 7.11 Å². The molecule has 4 heteroatoms. The lowest BCUT2D eigenvalue weighted by Crippen LogP contribution is -2.14. The molecule has 0 radical (unpaired) electrons. The van der Waals surface area contributed by atoms with Gasteiger partial charge in [-0.05, 0) is 36.8 Å². The monoisotopic (exact) mass is 273 g/mol. The van der Waals surface area contributed by atoms with Gasteiger partial charge in [-0.15, -0.1) is 0 Å². The molecule has 0 aliphatic heterocycles. The third kappa shape index (κ3) is 1.87. The van der Waals surface area contributed by atoms with Crippen molar-refractivity contribution >= 4 is 16.9 Å². The van der Waals surface area contributed by atoms with Gasteiger partial charge in [-0.1, -0.05) is 12.1 Å². The molecule has 4 nitrogen and oxygen atoms in total. The summed E-state index contributed by atoms with van der Waals surface area (Å²) < 4.78 is 7.64. The van der Waals surface area contributed by atoms with Crippen molar-refractivity contribution in [3.05, 3.63) is 29.5 Å². The molecule has 0 amide bonds. The maximum Gasteiger partial charge on any atom is 0.303 e. The van der Waals surface area contributed by atoms with Crippen LogP contribution in [-0.4, -0.2) is 22.8 Å². The van der Waals surface area contributed by atoms with E-state index in [9.17, 15) is 4.79 Å². The minimum Gasteiger partial charge on any atom is -0.495 e. The second kappa shape index (κ2) is 4.85. The zero-order chi connectivity index (χ0) is 14.3. The van der Waals surface area contributed by atoms with Gasteiger partial charge >= 0.3 is 5.97 Å². The first-order chi connectivity index (χ1) is 9.63. The lowest BCUT2D eigenvalue weighted by atomic mass is 9.83. The number of carbonyl (C=O) groups is 1. The Bertz CT molecular complexity index is 672. The maximum atomic E-state index is 11.1. The van der Waals surface area contributed by atoms with Gasteiger partial charge in [0, 0.05) is 18.1 Å². The zero-order valence-corrected chi connectivity index (χ0v) is 11.8. The molecule has 1 aromatic heterocycles. The molecule has 20 heavy (non-hydrogen) atoms. The van der Waals surface area contributed by atoms with Crippen molar-refractivity contribution in [1.82, 2.24) is 4.57 Å². The summed E-state index contributed by atoms with van der Waals surface area (Å²) in [4.78, 5) is 11.1. The fraction of sp³-hybridized carbons (Fsp3) is 0.438. The molecule has 1 aromatic carbocycles. The van der Waals surface area contributed by atoms with Gasteiger partial charge in [0.2, 0.25) is 0 Å². The summed E-state index contributed by atoms with van der Waals surface area (Å²) in [7, 11) is 3.72. The van der Waals surface area contributed by atoms with E-state index in [4.69, 9.17) is 9.84 Å². The fourth-order valence-electron chi connectivity index (χ4n) is 3.55. The molecular formula is C16H19NO3. The van der Waals surface area contributed by atoms with Crippen molar-refractivity contribution < 1.29 is 14.6 Å². The van der Waals surface area contributed by atoms with Gasteiger partial charge in [0.05, 0.1) is 19.0 Å². The molecule has 1 heterocycles. The highest BCUT2D eigenvalue weighted by Gasteiger charge is 2.28. The van der Waals surface area contributed by atoms with Crippen molar-refractivity contribution in [2.24, 2.45) is 7.05 Å². The van der Waals surface area contributed by atoms with Gasteiger partial charge < -0.3 is 14.4 Å². The van der Waals surface area contributed by atoms with E-state index in [0.29, 0.717) is 0 Å². The van der Waals surface area contributed by atoms with E-state index >= 15 is 0 Å². The smallest absolute Gasteiger partial charge is 0.303 e. The quantitative estimate of drug-likeness (QED) is 0.935. The molecule has 2 aromatic rings. The molecule has 1 N–H and O–H groups in total. The zero-order valence-electron chi connectivity index (χ0n) is 11.8. The number of carboxylic acid groups (broad SMARTS) is 1. The minimum absolute atomic E-state index is 0.118. The van der Waals surface area contributed by atoms with Crippen LogP contribution in [0.1, 0.15) is 36.4 Å². The Morgan fingerprint density at radius 1 is 1.50 bits per heavy atom. The number of hydrogen-bond donors (Lipinski definition) is 1. The van der Waals surface area contributed by atoms with Crippen LogP contribution in [0.25, 0.3) is 10.9 Å². The van der Waals surface area contributed by atoms with Gasteiger partial charge in [0.25, 0.3) is 0 Å². The van der Waals surface area contributed by atoms with E-state index in [1.807, 2.05) is 19.2 Å². The summed E-state index contributed by atoms with van der Waals surface area (Å²) in [5, 5.41) is 10.3. The summed E-state index contributed by atoms with van der Waals surface area (Å²) >= 11 is 0. The largest absolute Gasteiger partial charge is 0.495 e. The average Bonchev–Trinajstić information content (AvgIpc) is 2.73. The first-order valence-electron chi connectivity index (χ1n) is 6.99. The topological polar surface area (TPSA) is 51.5 Å². The van der Waals surface area contributed by atoms with Crippen molar-refractivity contribution in [1.29, 1.82) is 0 Å². The second-order valence-corrected chi connectivity index (χ2v) is 5.46. The van der Waals surface area contributed by atoms with Crippen LogP contribution in [0.3, 0.4) is 0 Å². The third-order valence-electron chi connectivity index (χ3n) is 4.36. The number of aryl methyl sites for hydroxylation is 1. The Balaban J connectivity index is 2.25. The lowest BCUT2D eigenvalue weighted by Gasteiger charge is -2.22. The Labute approximate surface area is 118 Å². The Kier molecular flexibility index (Phi) is 3.16. The molecule has 0 fully saturated rings. The second-order valence-electron chi connectivity index (χ2n) is 5.46. The number of carboxylic acids is 1. The highest BCUT2D eigenvalue weighted by Crippen LogP contribution is 2.42. The number of ether oxygens (including phenoxy) is 1. The fourth-order valence-corrected chi connectivity index (χ4v) is 3.55. The van der Waals surface area contributed by atoms with Crippen molar-refractivity contribution in [3.63, 3.8) is 0 Å². The summed E-state index contributed by atoms with van der Waals surface area (Å²) in [6.07, 6.45) is 3.23. The summed E-state index contributed by atoms with van der Waals surface area (Å²) in [6.45, 7) is 0. The Hall–Kier alpha value is -1.97. The third-order valence-corrected chi connectivity index (χ3v) is 4.36. The van der Waals surface area contributed by atoms with Gasteiger partial charge in [-0.2, -0.15) is 0 Å². The Morgan fingerprint density at radius 3 is 3.00 bits per heavy atom. The van der Waals surface area contributed by atoms with Crippen LogP contribution in [0, 0.1) is 0 Å². The average molecular weight is 273 g/mol. The molecule has 106 valence electrons. The molecule has 0 spiro atoms. The molecule has 0 bridgehead atoms. The van der Waals surface area contributed by atoms with Crippen LogP contribution < -0.4 is 4.74 Å². The van der Waals surface area contributed by atoms with Crippen molar-refractivity contribution in [3.8, 4) is 5.75 Å². The number of nitrogens with zero attached hydrogens (tertiary/aromatic N) is 1. The standard InChI is InChI=1S/C16H19NO3/c1-17-12-7-3-5-10(9-14(18)19)15(12)11-6-4-8-13(20-2)16(11)17/h4,6,8,10H,3,5,7,9H2,1-2H3,(H,18,19). The van der Waals surface area contributed by atoms with Gasteiger partial charge in [-0.3, -0.25) is 4.79 Å². The highest BCUT2D eigenvalue weighted by atomic mass is 16.5. The number of aromatic nitrogens is 1. The Morgan fingerprint density at radius 2 is 2.30 bits per heavy atom. The predicted octanol–water partition coefficient (Wildman–Crippen LogP) is 3.08. The summed E-state index contributed by atoms with van der Waals surface area (Å²) in [5.41, 5.74) is 3.56. The highest BCUT2D eigenvalue weighted by molar-refractivity contribution is 5.91. The SMILES string of the molecule is COc1cccc2c3c(n(C)c12)CCCC3CC(=O)O. The number of methoxy groups -OCH3 is 1. The van der Waals surface area contributed by atoms with Crippen LogP contribution in [-0.2, 0) is 18.3 Å². The first-order valence-corrected chi connectivity index (χ1v) is 6.99. The van der Waals surface area contributed by atoms with Crippen LogP contribution in [0.4, 0.5) is 0 Å². The predicted molar refractivity (Wildman–Crippen MR) is 77.4 cm³/mol. The normalized spacial score (nSPS) is 18.0. The van der Waals surface area contributed by atoms with Gasteiger partial charge in [0.15, 0.2) is 0 Å². The molecule has 0 saturated heterocycles. The first kappa shape index (κ1) is 13.0. The molecule has 1 aliphatic carbocycles. The van der Waals surface area contributed by atoms with Crippen molar-refractivity contribution in [2.75, 3.05) is 7.11 Å². The number of rotatable bonds is 3. The number of fused-ring (bicyclic) bond motifs is 3. The van der Waals surface area contributed by atoms with E-state index in [1.165, 1.54) is 11.3 Å². The number of benzene rings is 1. The molecule has 0 saturated carbocycles. The molecule has 3 rings (SSSR count). The number of para-hydroxylation sites is 1. The van der Waals surface area contributed by atoms with E-state index < -0.39 is 5.97 Å². The van der Waals surface area contributed by atoms with Crippen LogP contribution in [0.15, 0.2) is 18.2 Å². The number of hydrogen-bond acceptors (Lipinski definition) is 2. The number of aliphatic carboxylic acids is 1. The minimum atomic E-state index is -0.720. The van der Waals surface area contributed by atoms with Gasteiger partial charge in [-0.25, -0.2) is 0 Å². The van der Waals surface area contributed by atoms with Gasteiger partial charge in [0.1, 0.15) is 5.75 Å². The molecular weight excluding hydrogens is 254 g/mol. The van der Waals surface area contributed by atoms with E-state index in [-0.39, 0.29) is 12.3 Å². The lowest BCUT2D eigenvalue weighted by molar-refractivity contribution is -0.137. The molecule has 1 unspecified atom stereocenters. The van der Waals surface area contributed by atoms with E-state index in [2.05, 4.69) is 10.6 Å². The van der Waals surface area contributed by atoms with E-state index in [0.717, 1.165) is 35.9 Å².